The van der Waals surface area contributed by atoms with Crippen molar-refractivity contribution in [3.05, 3.63) is 95.4 Å². The average molecular weight is 437 g/mol. The second kappa shape index (κ2) is 10.3. The van der Waals surface area contributed by atoms with Gasteiger partial charge in [-0.15, -0.1) is 6.58 Å². The maximum absolute atomic E-state index is 12.6. The lowest BCUT2D eigenvalue weighted by Crippen LogP contribution is -2.34. The van der Waals surface area contributed by atoms with Crippen molar-refractivity contribution in [3.8, 4) is 17.1 Å². The SMILES string of the molecule is C=CCNC(=O)/C(=C/c1ccc(-c2cccc(Cl)c2)o1)NC(=O)c1ccc(OC)cc1. The maximum Gasteiger partial charge on any atom is 0.268 e. The Balaban J connectivity index is 1.86. The van der Waals surface area contributed by atoms with E-state index in [0.717, 1.165) is 5.56 Å². The molecule has 0 saturated heterocycles. The average Bonchev–Trinajstić information content (AvgIpc) is 3.25. The van der Waals surface area contributed by atoms with Gasteiger partial charge in [0.2, 0.25) is 0 Å². The van der Waals surface area contributed by atoms with Gasteiger partial charge in [-0.25, -0.2) is 0 Å². The van der Waals surface area contributed by atoms with E-state index in [0.29, 0.717) is 27.9 Å². The van der Waals surface area contributed by atoms with Crippen molar-refractivity contribution in [2.24, 2.45) is 0 Å². The fourth-order valence-electron chi connectivity index (χ4n) is 2.72. The molecule has 0 atom stereocenters. The fraction of sp³-hybridized carbons (Fsp3) is 0.0833. The summed E-state index contributed by atoms with van der Waals surface area (Å²) in [4.78, 5) is 25.2. The molecule has 2 aromatic carbocycles. The number of amides is 2. The molecule has 2 N–H and O–H groups in total. The Bertz CT molecular complexity index is 1120. The molecule has 1 aromatic heterocycles. The molecule has 0 aliphatic heterocycles. The van der Waals surface area contributed by atoms with Crippen molar-refractivity contribution in [1.82, 2.24) is 10.6 Å². The van der Waals surface area contributed by atoms with Crippen molar-refractivity contribution >= 4 is 29.5 Å². The van der Waals surface area contributed by atoms with Crippen LogP contribution < -0.4 is 15.4 Å². The highest BCUT2D eigenvalue weighted by Crippen LogP contribution is 2.25. The minimum atomic E-state index is -0.470. The monoisotopic (exact) mass is 436 g/mol. The number of hydrogen-bond acceptors (Lipinski definition) is 4. The van der Waals surface area contributed by atoms with Crippen LogP contribution in [0.15, 0.2) is 83.4 Å². The maximum atomic E-state index is 12.6. The first-order valence-electron chi connectivity index (χ1n) is 9.42. The number of nitrogens with one attached hydrogen (secondary N) is 2. The van der Waals surface area contributed by atoms with Crippen LogP contribution in [0.25, 0.3) is 17.4 Å². The van der Waals surface area contributed by atoms with Gasteiger partial charge < -0.3 is 19.8 Å². The van der Waals surface area contributed by atoms with Crippen molar-refractivity contribution in [2.75, 3.05) is 13.7 Å². The lowest BCUT2D eigenvalue weighted by Gasteiger charge is -2.10. The van der Waals surface area contributed by atoms with Crippen LogP contribution in [0.1, 0.15) is 16.1 Å². The van der Waals surface area contributed by atoms with E-state index >= 15 is 0 Å². The highest BCUT2D eigenvalue weighted by atomic mass is 35.5. The Morgan fingerprint density at radius 2 is 1.90 bits per heavy atom. The molecule has 158 valence electrons. The van der Waals surface area contributed by atoms with E-state index in [1.807, 2.05) is 12.1 Å². The zero-order valence-electron chi connectivity index (χ0n) is 16.9. The summed E-state index contributed by atoms with van der Waals surface area (Å²) in [6, 6.07) is 17.2. The molecule has 3 aromatic rings. The molecule has 3 rings (SSSR count). The molecule has 6 nitrogen and oxygen atoms in total. The molecule has 0 saturated carbocycles. The van der Waals surface area contributed by atoms with Crippen LogP contribution in [0, 0.1) is 0 Å². The number of hydrogen-bond donors (Lipinski definition) is 2. The van der Waals surface area contributed by atoms with E-state index in [9.17, 15) is 9.59 Å². The summed E-state index contributed by atoms with van der Waals surface area (Å²) in [5.74, 6) is 0.696. The third kappa shape index (κ3) is 5.87. The van der Waals surface area contributed by atoms with Gasteiger partial charge in [-0.3, -0.25) is 9.59 Å². The van der Waals surface area contributed by atoms with Crippen LogP contribution in [0.4, 0.5) is 0 Å². The summed E-state index contributed by atoms with van der Waals surface area (Å²) in [6.45, 7) is 3.83. The first kappa shape index (κ1) is 21.9. The second-order valence-corrected chi connectivity index (χ2v) is 6.89. The summed E-state index contributed by atoms with van der Waals surface area (Å²) >= 11 is 6.04. The zero-order chi connectivity index (χ0) is 22.2. The molecular formula is C24H21ClN2O4. The number of carbonyl (C=O) groups excluding carboxylic acids is 2. The van der Waals surface area contributed by atoms with E-state index in [2.05, 4.69) is 17.2 Å². The predicted octanol–water partition coefficient (Wildman–Crippen LogP) is 4.68. The van der Waals surface area contributed by atoms with Gasteiger partial charge in [0.25, 0.3) is 11.8 Å². The van der Waals surface area contributed by atoms with Gasteiger partial charge in [-0.1, -0.05) is 29.8 Å². The van der Waals surface area contributed by atoms with E-state index in [-0.39, 0.29) is 12.2 Å². The highest BCUT2D eigenvalue weighted by Gasteiger charge is 2.15. The number of methoxy groups -OCH3 is 1. The number of ether oxygens (including phenoxy) is 1. The molecule has 0 fully saturated rings. The molecule has 0 radical (unpaired) electrons. The fourth-order valence-corrected chi connectivity index (χ4v) is 2.92. The van der Waals surface area contributed by atoms with E-state index in [1.54, 1.807) is 61.7 Å². The summed E-state index contributed by atoms with van der Waals surface area (Å²) in [5, 5.41) is 5.88. The Morgan fingerprint density at radius 3 is 2.58 bits per heavy atom. The molecule has 0 spiro atoms. The van der Waals surface area contributed by atoms with Gasteiger partial charge >= 0.3 is 0 Å². The van der Waals surface area contributed by atoms with Crippen molar-refractivity contribution in [3.63, 3.8) is 0 Å². The topological polar surface area (TPSA) is 80.6 Å². The van der Waals surface area contributed by atoms with Crippen LogP contribution in [-0.2, 0) is 4.79 Å². The van der Waals surface area contributed by atoms with Crippen molar-refractivity contribution in [1.29, 1.82) is 0 Å². The number of benzene rings is 2. The molecule has 31 heavy (non-hydrogen) atoms. The molecule has 2 amide bonds. The summed E-state index contributed by atoms with van der Waals surface area (Å²) in [7, 11) is 1.54. The van der Waals surface area contributed by atoms with E-state index in [1.165, 1.54) is 6.08 Å². The molecule has 1 heterocycles. The van der Waals surface area contributed by atoms with Crippen LogP contribution >= 0.6 is 11.6 Å². The molecule has 0 bridgehead atoms. The van der Waals surface area contributed by atoms with Crippen LogP contribution in [-0.4, -0.2) is 25.5 Å². The van der Waals surface area contributed by atoms with E-state index in [4.69, 9.17) is 20.8 Å². The number of furan rings is 1. The van der Waals surface area contributed by atoms with Crippen molar-refractivity contribution < 1.29 is 18.7 Å². The second-order valence-electron chi connectivity index (χ2n) is 6.45. The Labute approximate surface area is 185 Å². The van der Waals surface area contributed by atoms with Crippen LogP contribution in [0.5, 0.6) is 5.75 Å². The minimum absolute atomic E-state index is 0.0367. The quantitative estimate of drug-likeness (QED) is 0.397. The number of carbonyl (C=O) groups is 2. The van der Waals surface area contributed by atoms with Gasteiger partial charge in [0, 0.05) is 28.8 Å². The highest BCUT2D eigenvalue weighted by molar-refractivity contribution is 6.30. The van der Waals surface area contributed by atoms with Gasteiger partial charge in [0.1, 0.15) is 23.0 Å². The van der Waals surface area contributed by atoms with E-state index < -0.39 is 11.8 Å². The first-order chi connectivity index (χ1) is 15.0. The molecule has 7 heteroatoms. The standard InChI is InChI=1S/C24H21ClN2O4/c1-3-13-26-24(29)21(27-23(28)16-7-9-19(30-2)10-8-16)15-20-11-12-22(31-20)17-5-4-6-18(25)14-17/h3-12,14-15H,1,13H2,2H3,(H,26,29)(H,27,28)/b21-15-. The lowest BCUT2D eigenvalue weighted by molar-refractivity contribution is -0.117. The zero-order valence-corrected chi connectivity index (χ0v) is 17.6. The van der Waals surface area contributed by atoms with Gasteiger partial charge in [-0.2, -0.15) is 0 Å². The van der Waals surface area contributed by atoms with Crippen LogP contribution in [0.2, 0.25) is 5.02 Å². The smallest absolute Gasteiger partial charge is 0.268 e. The third-order valence-corrected chi connectivity index (χ3v) is 4.51. The number of halogens is 1. The van der Waals surface area contributed by atoms with Gasteiger partial charge in [0.15, 0.2) is 0 Å². The molecule has 0 aliphatic rings. The number of rotatable bonds is 8. The van der Waals surface area contributed by atoms with Gasteiger partial charge in [-0.05, 0) is 48.5 Å². The Hall–Kier alpha value is -3.77. The summed E-state index contributed by atoms with van der Waals surface area (Å²) in [6.07, 6.45) is 3.01. The summed E-state index contributed by atoms with van der Waals surface area (Å²) < 4.78 is 10.9. The molecular weight excluding hydrogens is 416 g/mol. The van der Waals surface area contributed by atoms with Crippen molar-refractivity contribution in [2.45, 2.75) is 0 Å². The lowest BCUT2D eigenvalue weighted by atomic mass is 10.2. The predicted molar refractivity (Wildman–Crippen MR) is 121 cm³/mol. The third-order valence-electron chi connectivity index (χ3n) is 4.27. The minimum Gasteiger partial charge on any atom is -0.497 e. The molecule has 0 unspecified atom stereocenters. The Morgan fingerprint density at radius 1 is 1.13 bits per heavy atom. The summed E-state index contributed by atoms with van der Waals surface area (Å²) in [5.41, 5.74) is 1.21. The van der Waals surface area contributed by atoms with Crippen LogP contribution in [0.3, 0.4) is 0 Å². The largest absolute Gasteiger partial charge is 0.497 e. The van der Waals surface area contributed by atoms with Gasteiger partial charge in [0.05, 0.1) is 7.11 Å². The molecule has 0 aliphatic carbocycles. The first-order valence-corrected chi connectivity index (χ1v) is 9.80. The normalized spacial score (nSPS) is 11.0. The Kier molecular flexibility index (Phi) is 7.30.